The van der Waals surface area contributed by atoms with Crippen LogP contribution < -0.4 is 5.73 Å². The highest BCUT2D eigenvalue weighted by Crippen LogP contribution is 2.20. The van der Waals surface area contributed by atoms with E-state index < -0.39 is 10.0 Å². The minimum atomic E-state index is -3.63. The zero-order valence-corrected chi connectivity index (χ0v) is 12.9. The van der Waals surface area contributed by atoms with E-state index in [1.54, 1.807) is 14.1 Å². The Bertz CT molecular complexity index is 603. The summed E-state index contributed by atoms with van der Waals surface area (Å²) in [5.74, 6) is 0.0469. The molecule has 1 saturated heterocycles. The molecule has 2 rings (SSSR count). The summed E-state index contributed by atoms with van der Waals surface area (Å²) in [6.45, 7) is 1.98. The van der Waals surface area contributed by atoms with Crippen LogP contribution in [0.15, 0.2) is 11.1 Å². The van der Waals surface area contributed by atoms with Gasteiger partial charge in [0.2, 0.25) is 15.9 Å². The van der Waals surface area contributed by atoms with E-state index in [-0.39, 0.29) is 16.6 Å². The van der Waals surface area contributed by atoms with Crippen molar-refractivity contribution in [2.75, 3.05) is 52.6 Å². The molecular weight excluding hydrogens is 296 g/mol. The molecular formula is C11H20N6O3S. The number of amides is 1. The van der Waals surface area contributed by atoms with Gasteiger partial charge in [-0.05, 0) is 0 Å². The summed E-state index contributed by atoms with van der Waals surface area (Å²) in [5, 5.41) is 6.06. The first-order valence-corrected chi connectivity index (χ1v) is 7.98. The predicted molar refractivity (Wildman–Crippen MR) is 76.9 cm³/mol. The Morgan fingerprint density at radius 3 is 2.48 bits per heavy atom. The molecule has 2 heterocycles. The number of rotatable bonds is 4. The zero-order valence-electron chi connectivity index (χ0n) is 12.1. The number of aromatic nitrogens is 2. The minimum Gasteiger partial charge on any atom is -0.383 e. The standard InChI is InChI=1S/C11H20N6O3S/c1-15(2)10(18)8-16-3-5-17(6-4-16)21(19,20)9-7-13-14-11(9)12/h7H,3-6,8H2,1-2H3,(H3,12,13,14). The highest BCUT2D eigenvalue weighted by atomic mass is 32.2. The predicted octanol–water partition coefficient (Wildman–Crippen LogP) is -1.61. The van der Waals surface area contributed by atoms with Gasteiger partial charge >= 0.3 is 0 Å². The first-order chi connectivity index (χ1) is 9.82. The topological polar surface area (TPSA) is 116 Å². The summed E-state index contributed by atoms with van der Waals surface area (Å²) < 4.78 is 26.2. The lowest BCUT2D eigenvalue weighted by atomic mass is 10.3. The smallest absolute Gasteiger partial charge is 0.248 e. The monoisotopic (exact) mass is 316 g/mol. The Hall–Kier alpha value is -1.65. The zero-order chi connectivity index (χ0) is 15.6. The van der Waals surface area contributed by atoms with E-state index in [9.17, 15) is 13.2 Å². The van der Waals surface area contributed by atoms with Crippen molar-refractivity contribution in [3.8, 4) is 0 Å². The molecule has 1 aliphatic heterocycles. The van der Waals surface area contributed by atoms with Crippen LogP contribution in [0.25, 0.3) is 0 Å². The van der Waals surface area contributed by atoms with Gasteiger partial charge < -0.3 is 10.6 Å². The van der Waals surface area contributed by atoms with Crippen molar-refractivity contribution in [1.29, 1.82) is 0 Å². The van der Waals surface area contributed by atoms with Crippen LogP contribution in [0.3, 0.4) is 0 Å². The molecule has 0 aromatic carbocycles. The molecule has 1 fully saturated rings. The number of nitrogens with two attached hydrogens (primary N) is 1. The second-order valence-corrected chi connectivity index (χ2v) is 7.02. The van der Waals surface area contributed by atoms with Gasteiger partial charge in [-0.2, -0.15) is 9.40 Å². The largest absolute Gasteiger partial charge is 0.383 e. The van der Waals surface area contributed by atoms with Crippen LogP contribution in [0.4, 0.5) is 5.82 Å². The van der Waals surface area contributed by atoms with Crippen LogP contribution in [-0.2, 0) is 14.8 Å². The van der Waals surface area contributed by atoms with Crippen molar-refractivity contribution in [3.63, 3.8) is 0 Å². The number of hydrogen-bond acceptors (Lipinski definition) is 6. The molecule has 1 amide bonds. The van der Waals surface area contributed by atoms with Gasteiger partial charge in [-0.3, -0.25) is 14.8 Å². The molecule has 3 N–H and O–H groups in total. The van der Waals surface area contributed by atoms with Gasteiger partial charge in [0.1, 0.15) is 10.7 Å². The first kappa shape index (κ1) is 15.7. The van der Waals surface area contributed by atoms with E-state index in [2.05, 4.69) is 10.2 Å². The van der Waals surface area contributed by atoms with E-state index in [0.717, 1.165) is 0 Å². The van der Waals surface area contributed by atoms with Crippen molar-refractivity contribution in [1.82, 2.24) is 24.3 Å². The second kappa shape index (κ2) is 6.00. The molecule has 0 radical (unpaired) electrons. The number of H-pyrrole nitrogens is 1. The van der Waals surface area contributed by atoms with Crippen LogP contribution in [0, 0.1) is 0 Å². The Labute approximate surface area is 123 Å². The van der Waals surface area contributed by atoms with Crippen molar-refractivity contribution in [2.24, 2.45) is 0 Å². The number of nitrogens with zero attached hydrogens (tertiary/aromatic N) is 4. The normalized spacial score (nSPS) is 17.8. The number of carbonyl (C=O) groups is 1. The Morgan fingerprint density at radius 1 is 1.38 bits per heavy atom. The van der Waals surface area contributed by atoms with Crippen molar-refractivity contribution >= 4 is 21.7 Å². The number of nitrogen functional groups attached to an aromatic ring is 1. The number of nitrogens with one attached hydrogen (secondary N) is 1. The maximum absolute atomic E-state index is 12.4. The number of sulfonamides is 1. The molecule has 0 atom stereocenters. The molecule has 21 heavy (non-hydrogen) atoms. The van der Waals surface area contributed by atoms with Gasteiger partial charge in [-0.15, -0.1) is 0 Å². The third kappa shape index (κ3) is 3.34. The van der Waals surface area contributed by atoms with Gasteiger partial charge in [0, 0.05) is 40.3 Å². The van der Waals surface area contributed by atoms with Crippen LogP contribution >= 0.6 is 0 Å². The molecule has 9 nitrogen and oxygen atoms in total. The molecule has 0 unspecified atom stereocenters. The van der Waals surface area contributed by atoms with Crippen LogP contribution in [-0.4, -0.2) is 85.4 Å². The van der Waals surface area contributed by atoms with Gasteiger partial charge in [-0.25, -0.2) is 8.42 Å². The quantitative estimate of drug-likeness (QED) is 0.690. The number of anilines is 1. The summed E-state index contributed by atoms with van der Waals surface area (Å²) >= 11 is 0. The van der Waals surface area contributed by atoms with Crippen molar-refractivity contribution in [3.05, 3.63) is 6.20 Å². The fourth-order valence-corrected chi connectivity index (χ4v) is 3.52. The fraction of sp³-hybridized carbons (Fsp3) is 0.636. The SMILES string of the molecule is CN(C)C(=O)CN1CCN(S(=O)(=O)c2cn[nH]c2N)CC1. The first-order valence-electron chi connectivity index (χ1n) is 6.54. The van der Waals surface area contributed by atoms with Crippen molar-refractivity contribution in [2.45, 2.75) is 4.90 Å². The molecule has 10 heteroatoms. The number of carbonyl (C=O) groups excluding carboxylic acids is 1. The van der Waals surface area contributed by atoms with Crippen LogP contribution in [0.5, 0.6) is 0 Å². The number of hydrogen-bond donors (Lipinski definition) is 2. The summed E-state index contributed by atoms with van der Waals surface area (Å²) in [6.07, 6.45) is 1.21. The van der Waals surface area contributed by atoms with E-state index in [4.69, 9.17) is 5.73 Å². The van der Waals surface area contributed by atoms with Gasteiger partial charge in [0.15, 0.2) is 0 Å². The lowest BCUT2D eigenvalue weighted by Gasteiger charge is -2.33. The number of aromatic amines is 1. The fourth-order valence-electron chi connectivity index (χ4n) is 2.09. The molecule has 0 saturated carbocycles. The molecule has 0 aliphatic carbocycles. The summed E-state index contributed by atoms with van der Waals surface area (Å²) in [5.41, 5.74) is 5.58. The maximum Gasteiger partial charge on any atom is 0.248 e. The second-order valence-electron chi connectivity index (χ2n) is 5.12. The molecule has 1 aliphatic rings. The molecule has 1 aromatic rings. The van der Waals surface area contributed by atoms with Crippen molar-refractivity contribution < 1.29 is 13.2 Å². The van der Waals surface area contributed by atoms with Gasteiger partial charge in [0.25, 0.3) is 0 Å². The summed E-state index contributed by atoms with van der Waals surface area (Å²) in [6, 6.07) is 0. The molecule has 1 aromatic heterocycles. The van der Waals surface area contributed by atoms with E-state index >= 15 is 0 Å². The lowest BCUT2D eigenvalue weighted by Crippen LogP contribution is -2.50. The molecule has 0 spiro atoms. The molecule has 0 bridgehead atoms. The molecule has 118 valence electrons. The average molecular weight is 316 g/mol. The Balaban J connectivity index is 1.98. The summed E-state index contributed by atoms with van der Waals surface area (Å²) in [7, 11) is -0.227. The highest BCUT2D eigenvalue weighted by molar-refractivity contribution is 7.89. The van der Waals surface area contributed by atoms with Gasteiger partial charge in [-0.1, -0.05) is 0 Å². The minimum absolute atomic E-state index is 0.000294. The summed E-state index contributed by atoms with van der Waals surface area (Å²) in [4.78, 5) is 15.1. The maximum atomic E-state index is 12.4. The Morgan fingerprint density at radius 2 is 2.00 bits per heavy atom. The Kier molecular flexibility index (Phi) is 4.49. The van der Waals surface area contributed by atoms with E-state index in [0.29, 0.717) is 32.7 Å². The average Bonchev–Trinajstić information content (AvgIpc) is 2.86. The van der Waals surface area contributed by atoms with E-state index in [1.807, 2.05) is 4.90 Å². The van der Waals surface area contributed by atoms with Gasteiger partial charge in [0.05, 0.1) is 12.7 Å². The lowest BCUT2D eigenvalue weighted by molar-refractivity contribution is -0.130. The van der Waals surface area contributed by atoms with Crippen LogP contribution in [0.2, 0.25) is 0 Å². The third-order valence-corrected chi connectivity index (χ3v) is 5.37. The third-order valence-electron chi connectivity index (χ3n) is 3.44. The number of likely N-dealkylation sites (N-methyl/N-ethyl adjacent to an activating group) is 1. The van der Waals surface area contributed by atoms with Crippen LogP contribution in [0.1, 0.15) is 0 Å². The highest BCUT2D eigenvalue weighted by Gasteiger charge is 2.31. The van der Waals surface area contributed by atoms with E-state index in [1.165, 1.54) is 15.4 Å². The number of piperazine rings is 1.